The van der Waals surface area contributed by atoms with Gasteiger partial charge in [-0.15, -0.1) is 0 Å². The van der Waals surface area contributed by atoms with Crippen LogP contribution in [0.1, 0.15) is 26.2 Å². The molecule has 0 aromatic carbocycles. The first-order valence-corrected chi connectivity index (χ1v) is 6.94. The van der Waals surface area contributed by atoms with E-state index in [1.165, 1.54) is 0 Å². The first kappa shape index (κ1) is 13.0. The maximum atomic E-state index is 12.3. The number of fused-ring (bicyclic) bond motifs is 2. The maximum Gasteiger partial charge on any atom is 0.322 e. The van der Waals surface area contributed by atoms with Gasteiger partial charge in [0, 0.05) is 24.8 Å². The first-order chi connectivity index (χ1) is 9.60. The van der Waals surface area contributed by atoms with Crippen molar-refractivity contribution in [3.05, 3.63) is 12.4 Å². The molecule has 7 nitrogen and oxygen atoms in total. The van der Waals surface area contributed by atoms with Gasteiger partial charge in [-0.2, -0.15) is 5.10 Å². The second kappa shape index (κ2) is 4.81. The Labute approximate surface area is 116 Å². The third-order valence-electron chi connectivity index (χ3n) is 4.30. The van der Waals surface area contributed by atoms with Gasteiger partial charge in [0.2, 0.25) is 0 Å². The average Bonchev–Trinajstić information content (AvgIpc) is 3.11. The van der Waals surface area contributed by atoms with Gasteiger partial charge in [-0.25, -0.2) is 4.79 Å². The monoisotopic (exact) mass is 278 g/mol. The number of amides is 2. The molecule has 3 rings (SSSR count). The Bertz CT molecular complexity index is 541. The highest BCUT2D eigenvalue weighted by Crippen LogP contribution is 2.42. The normalized spacial score (nSPS) is 27.9. The van der Waals surface area contributed by atoms with Crippen LogP contribution in [-0.2, 0) is 11.3 Å². The number of aliphatic carboxylic acids is 1. The number of carboxylic acids is 1. The number of rotatable bonds is 3. The second-order valence-electron chi connectivity index (χ2n) is 5.40. The van der Waals surface area contributed by atoms with E-state index < -0.39 is 11.9 Å². The molecule has 3 heterocycles. The summed E-state index contributed by atoms with van der Waals surface area (Å²) in [4.78, 5) is 25.2. The molecule has 2 bridgehead atoms. The zero-order chi connectivity index (χ0) is 14.3. The van der Waals surface area contributed by atoms with Gasteiger partial charge in [0.15, 0.2) is 0 Å². The molecule has 1 aromatic rings. The number of hydrogen-bond donors (Lipinski definition) is 2. The number of urea groups is 1. The van der Waals surface area contributed by atoms with Crippen LogP contribution in [0.4, 0.5) is 10.5 Å². The average molecular weight is 278 g/mol. The lowest BCUT2D eigenvalue weighted by Gasteiger charge is -2.22. The molecule has 2 N–H and O–H groups in total. The molecule has 3 unspecified atom stereocenters. The van der Waals surface area contributed by atoms with Crippen molar-refractivity contribution in [1.82, 2.24) is 14.7 Å². The zero-order valence-corrected chi connectivity index (χ0v) is 11.3. The number of carboxylic acid groups (broad SMARTS) is 1. The summed E-state index contributed by atoms with van der Waals surface area (Å²) < 4.78 is 1.73. The summed E-state index contributed by atoms with van der Waals surface area (Å²) in [5, 5.41) is 16.1. The maximum absolute atomic E-state index is 12.3. The molecule has 7 heteroatoms. The molecule has 2 aliphatic heterocycles. The third-order valence-corrected chi connectivity index (χ3v) is 4.30. The third kappa shape index (κ3) is 2.03. The minimum Gasteiger partial charge on any atom is -0.481 e. The van der Waals surface area contributed by atoms with Crippen molar-refractivity contribution >= 4 is 17.7 Å². The fourth-order valence-electron chi connectivity index (χ4n) is 3.36. The summed E-state index contributed by atoms with van der Waals surface area (Å²) in [6.45, 7) is 2.71. The highest BCUT2D eigenvalue weighted by molar-refractivity contribution is 5.90. The van der Waals surface area contributed by atoms with Crippen LogP contribution >= 0.6 is 0 Å². The number of nitrogens with one attached hydrogen (secondary N) is 1. The summed E-state index contributed by atoms with van der Waals surface area (Å²) in [5.41, 5.74) is 0.648. The lowest BCUT2D eigenvalue weighted by molar-refractivity contribution is -0.142. The van der Waals surface area contributed by atoms with Crippen LogP contribution < -0.4 is 5.32 Å². The number of anilines is 1. The number of nitrogens with zero attached hydrogens (tertiary/aromatic N) is 3. The van der Waals surface area contributed by atoms with Crippen molar-refractivity contribution in [2.75, 3.05) is 5.32 Å². The number of carbonyl (C=O) groups is 2. The van der Waals surface area contributed by atoms with Crippen LogP contribution in [-0.4, -0.2) is 43.9 Å². The lowest BCUT2D eigenvalue weighted by atomic mass is 9.89. The Balaban J connectivity index is 1.70. The molecule has 2 fully saturated rings. The molecule has 1 aromatic heterocycles. The number of hydrogen-bond acceptors (Lipinski definition) is 3. The minimum atomic E-state index is -0.797. The molecular formula is C13H18N4O3. The Morgan fingerprint density at radius 3 is 2.90 bits per heavy atom. The van der Waals surface area contributed by atoms with E-state index >= 15 is 0 Å². The van der Waals surface area contributed by atoms with Crippen LogP contribution in [0, 0.1) is 5.92 Å². The topological polar surface area (TPSA) is 87.5 Å². The molecule has 3 atom stereocenters. The molecule has 20 heavy (non-hydrogen) atoms. The SMILES string of the molecule is CCn1cc(NC(=O)N2C3CCC2C(C(=O)O)C3)cn1. The fourth-order valence-corrected chi connectivity index (χ4v) is 3.36. The smallest absolute Gasteiger partial charge is 0.322 e. The number of carbonyl (C=O) groups excluding carboxylic acids is 1. The van der Waals surface area contributed by atoms with Gasteiger partial charge >= 0.3 is 12.0 Å². The quantitative estimate of drug-likeness (QED) is 0.874. The van der Waals surface area contributed by atoms with Gasteiger partial charge < -0.3 is 15.3 Å². The lowest BCUT2D eigenvalue weighted by Crippen LogP contribution is -2.40. The van der Waals surface area contributed by atoms with E-state index in [1.807, 2.05) is 6.92 Å². The van der Waals surface area contributed by atoms with Crippen molar-refractivity contribution in [1.29, 1.82) is 0 Å². The van der Waals surface area contributed by atoms with E-state index in [4.69, 9.17) is 0 Å². The molecule has 0 spiro atoms. The van der Waals surface area contributed by atoms with Crippen molar-refractivity contribution < 1.29 is 14.7 Å². The molecule has 0 aliphatic carbocycles. The van der Waals surface area contributed by atoms with Crippen molar-refractivity contribution in [2.24, 2.45) is 5.92 Å². The highest BCUT2D eigenvalue weighted by atomic mass is 16.4. The first-order valence-electron chi connectivity index (χ1n) is 6.94. The Morgan fingerprint density at radius 1 is 1.50 bits per heavy atom. The van der Waals surface area contributed by atoms with Gasteiger partial charge in [0.1, 0.15) is 0 Å². The van der Waals surface area contributed by atoms with Crippen LogP contribution in [0.25, 0.3) is 0 Å². The Kier molecular flexibility index (Phi) is 3.11. The molecule has 2 aliphatic rings. The molecular weight excluding hydrogens is 260 g/mol. The van der Waals surface area contributed by atoms with E-state index in [2.05, 4.69) is 10.4 Å². The van der Waals surface area contributed by atoms with Gasteiger partial charge in [-0.1, -0.05) is 0 Å². The van der Waals surface area contributed by atoms with Gasteiger partial charge in [-0.3, -0.25) is 9.48 Å². The van der Waals surface area contributed by atoms with E-state index in [9.17, 15) is 14.7 Å². The molecule has 2 saturated heterocycles. The number of aryl methyl sites for hydroxylation is 1. The van der Waals surface area contributed by atoms with Crippen molar-refractivity contribution in [3.63, 3.8) is 0 Å². The van der Waals surface area contributed by atoms with Crippen LogP contribution in [0.3, 0.4) is 0 Å². The Morgan fingerprint density at radius 2 is 2.30 bits per heavy atom. The van der Waals surface area contributed by atoms with E-state index in [0.717, 1.165) is 19.4 Å². The summed E-state index contributed by atoms with van der Waals surface area (Å²) in [6, 6.07) is -0.321. The van der Waals surface area contributed by atoms with Gasteiger partial charge in [-0.05, 0) is 26.2 Å². The van der Waals surface area contributed by atoms with E-state index in [-0.39, 0.29) is 18.1 Å². The molecule has 2 amide bonds. The largest absolute Gasteiger partial charge is 0.481 e. The molecule has 108 valence electrons. The van der Waals surface area contributed by atoms with E-state index in [0.29, 0.717) is 12.1 Å². The van der Waals surface area contributed by atoms with Gasteiger partial charge in [0.25, 0.3) is 0 Å². The number of aromatic nitrogens is 2. The summed E-state index contributed by atoms with van der Waals surface area (Å²) >= 11 is 0. The minimum absolute atomic E-state index is 0.0577. The van der Waals surface area contributed by atoms with E-state index in [1.54, 1.807) is 22.0 Å². The fraction of sp³-hybridized carbons (Fsp3) is 0.615. The summed E-state index contributed by atoms with van der Waals surface area (Å²) in [5.74, 6) is -1.22. The standard InChI is InChI=1S/C13H18N4O3/c1-2-16-7-8(6-14-16)15-13(20)17-9-3-4-11(17)10(5-9)12(18)19/h6-7,9-11H,2-5H2,1H3,(H,15,20)(H,18,19). The van der Waals surface area contributed by atoms with Crippen LogP contribution in [0.5, 0.6) is 0 Å². The molecule has 0 radical (unpaired) electrons. The summed E-state index contributed by atoms with van der Waals surface area (Å²) in [6.07, 6.45) is 5.62. The highest BCUT2D eigenvalue weighted by Gasteiger charge is 2.51. The van der Waals surface area contributed by atoms with Crippen molar-refractivity contribution in [2.45, 2.75) is 44.8 Å². The zero-order valence-electron chi connectivity index (χ0n) is 11.3. The van der Waals surface area contributed by atoms with Crippen LogP contribution in [0.15, 0.2) is 12.4 Å². The van der Waals surface area contributed by atoms with Gasteiger partial charge in [0.05, 0.1) is 17.8 Å². The predicted octanol–water partition coefficient (Wildman–Crippen LogP) is 1.37. The predicted molar refractivity (Wildman–Crippen MR) is 71.3 cm³/mol. The second-order valence-corrected chi connectivity index (χ2v) is 5.40. The molecule has 0 saturated carbocycles. The van der Waals surface area contributed by atoms with Crippen LogP contribution in [0.2, 0.25) is 0 Å². The Hall–Kier alpha value is -2.05. The van der Waals surface area contributed by atoms with Crippen molar-refractivity contribution in [3.8, 4) is 0 Å². The summed E-state index contributed by atoms with van der Waals surface area (Å²) in [7, 11) is 0.